The lowest BCUT2D eigenvalue weighted by atomic mass is 9.97. The zero-order valence-corrected chi connectivity index (χ0v) is 11.8. The number of rotatable bonds is 4. The Labute approximate surface area is 124 Å². The lowest BCUT2D eigenvalue weighted by Crippen LogP contribution is -1.88. The molecule has 0 saturated carbocycles. The van der Waals surface area contributed by atoms with Crippen molar-refractivity contribution in [1.82, 2.24) is 0 Å². The van der Waals surface area contributed by atoms with Gasteiger partial charge in [-0.15, -0.1) is 0 Å². The van der Waals surface area contributed by atoms with Crippen LogP contribution >= 0.6 is 0 Å². The molecule has 0 unspecified atom stereocenters. The van der Waals surface area contributed by atoms with E-state index >= 15 is 0 Å². The number of aryl methyl sites for hydroxylation is 1. The average Bonchev–Trinajstić information content (AvgIpc) is 2.84. The lowest BCUT2D eigenvalue weighted by molar-refractivity contribution is -0.107. The van der Waals surface area contributed by atoms with E-state index in [0.29, 0.717) is 6.42 Å². The van der Waals surface area contributed by atoms with E-state index in [2.05, 4.69) is 54.6 Å². The van der Waals surface area contributed by atoms with Crippen molar-refractivity contribution in [3.63, 3.8) is 0 Å². The zero-order chi connectivity index (χ0) is 14.2. The van der Waals surface area contributed by atoms with Gasteiger partial charge in [0, 0.05) is 6.42 Å². The molecule has 0 aromatic heterocycles. The van der Waals surface area contributed by atoms with Gasteiger partial charge in [-0.2, -0.15) is 0 Å². The molecule has 1 heteroatoms. The van der Waals surface area contributed by atoms with Crippen molar-refractivity contribution < 1.29 is 4.79 Å². The van der Waals surface area contributed by atoms with Crippen LogP contribution < -0.4 is 0 Å². The van der Waals surface area contributed by atoms with Gasteiger partial charge in [0.2, 0.25) is 0 Å². The summed E-state index contributed by atoms with van der Waals surface area (Å²) in [6, 6.07) is 19.8. The molecule has 1 nitrogen and oxygen atoms in total. The average molecular weight is 272 g/mol. The highest BCUT2D eigenvalue weighted by Gasteiger charge is 2.20. The highest BCUT2D eigenvalue weighted by Crippen LogP contribution is 2.47. The van der Waals surface area contributed by atoms with Crippen molar-refractivity contribution in [2.45, 2.75) is 19.3 Å². The Morgan fingerprint density at radius 2 is 1.57 bits per heavy atom. The number of carbonyl (C=O) groups is 1. The molecular formula is C20H16O. The van der Waals surface area contributed by atoms with E-state index < -0.39 is 0 Å². The van der Waals surface area contributed by atoms with Crippen LogP contribution in [-0.2, 0) is 11.2 Å². The molecule has 3 aromatic carbocycles. The molecule has 0 spiro atoms. The molecule has 1 aliphatic rings. The van der Waals surface area contributed by atoms with Gasteiger partial charge in [-0.1, -0.05) is 54.6 Å². The van der Waals surface area contributed by atoms with Crippen molar-refractivity contribution in [2.24, 2.45) is 0 Å². The summed E-state index contributed by atoms with van der Waals surface area (Å²) in [5, 5.41) is 2.68. The van der Waals surface area contributed by atoms with Gasteiger partial charge in [0.25, 0.3) is 0 Å². The standard InChI is InChI=1S/C20H16O/c21-11-4-3-6-14-12-15-7-5-10-18-16-8-1-2-9-17(16)19(13-14)20(15)18/h1-2,5,7-13H,3-4,6H2. The Hall–Kier alpha value is -2.41. The maximum Gasteiger partial charge on any atom is 0.120 e. The SMILES string of the molecule is O=CCCCc1cc2c3c(cccc3c1)-c1ccccc1-2. The van der Waals surface area contributed by atoms with Crippen LogP contribution in [-0.4, -0.2) is 6.29 Å². The van der Waals surface area contributed by atoms with Gasteiger partial charge < -0.3 is 4.79 Å². The minimum Gasteiger partial charge on any atom is -0.303 e. The van der Waals surface area contributed by atoms with Crippen molar-refractivity contribution in [3.05, 3.63) is 60.2 Å². The first kappa shape index (κ1) is 12.3. The Morgan fingerprint density at radius 3 is 2.38 bits per heavy atom. The molecule has 0 heterocycles. The Kier molecular flexibility index (Phi) is 2.85. The second-order valence-corrected chi connectivity index (χ2v) is 5.65. The fourth-order valence-electron chi connectivity index (χ4n) is 3.41. The number of benzene rings is 3. The summed E-state index contributed by atoms with van der Waals surface area (Å²) >= 11 is 0. The molecule has 0 atom stereocenters. The van der Waals surface area contributed by atoms with Crippen molar-refractivity contribution in [1.29, 1.82) is 0 Å². The smallest absolute Gasteiger partial charge is 0.120 e. The van der Waals surface area contributed by atoms with Crippen LogP contribution in [0.5, 0.6) is 0 Å². The van der Waals surface area contributed by atoms with Crippen LogP contribution in [0.2, 0.25) is 0 Å². The molecule has 0 radical (unpaired) electrons. The number of carbonyl (C=O) groups excluding carboxylic acids is 1. The molecular weight excluding hydrogens is 256 g/mol. The van der Waals surface area contributed by atoms with Gasteiger partial charge in [-0.25, -0.2) is 0 Å². The summed E-state index contributed by atoms with van der Waals surface area (Å²) in [6.45, 7) is 0. The van der Waals surface area contributed by atoms with Gasteiger partial charge in [0.1, 0.15) is 6.29 Å². The third kappa shape index (κ3) is 1.89. The minimum absolute atomic E-state index is 0.643. The van der Waals surface area contributed by atoms with Gasteiger partial charge in [-0.05, 0) is 51.4 Å². The van der Waals surface area contributed by atoms with Crippen LogP contribution in [0.1, 0.15) is 18.4 Å². The fourth-order valence-corrected chi connectivity index (χ4v) is 3.41. The summed E-state index contributed by atoms with van der Waals surface area (Å²) in [6.07, 6.45) is 3.54. The number of fused-ring (bicyclic) bond motifs is 3. The molecule has 21 heavy (non-hydrogen) atoms. The van der Waals surface area contributed by atoms with Crippen LogP contribution in [0.4, 0.5) is 0 Å². The summed E-state index contributed by atoms with van der Waals surface area (Å²) < 4.78 is 0. The second kappa shape index (κ2) is 4.85. The number of hydrogen-bond acceptors (Lipinski definition) is 1. The van der Waals surface area contributed by atoms with Crippen LogP contribution in [0.15, 0.2) is 54.6 Å². The monoisotopic (exact) mass is 272 g/mol. The van der Waals surface area contributed by atoms with Crippen molar-refractivity contribution in [3.8, 4) is 22.3 Å². The van der Waals surface area contributed by atoms with Crippen LogP contribution in [0.25, 0.3) is 33.0 Å². The molecule has 0 bridgehead atoms. The number of aldehydes is 1. The maximum atomic E-state index is 10.5. The van der Waals surface area contributed by atoms with Crippen LogP contribution in [0, 0.1) is 0 Å². The van der Waals surface area contributed by atoms with Crippen LogP contribution in [0.3, 0.4) is 0 Å². The summed E-state index contributed by atoms with van der Waals surface area (Å²) in [5.41, 5.74) is 6.69. The first-order valence-electron chi connectivity index (χ1n) is 7.47. The van der Waals surface area contributed by atoms with Gasteiger partial charge in [0.05, 0.1) is 0 Å². The normalized spacial score (nSPS) is 11.6. The summed E-state index contributed by atoms with van der Waals surface area (Å²) in [4.78, 5) is 10.5. The van der Waals surface area contributed by atoms with E-state index in [1.807, 2.05) is 0 Å². The van der Waals surface area contributed by atoms with Crippen molar-refractivity contribution in [2.75, 3.05) is 0 Å². The highest BCUT2D eigenvalue weighted by atomic mass is 16.1. The predicted octanol–water partition coefficient (Wildman–Crippen LogP) is 5.01. The first-order chi connectivity index (χ1) is 10.4. The Morgan fingerprint density at radius 1 is 0.810 bits per heavy atom. The lowest BCUT2D eigenvalue weighted by Gasteiger charge is -2.07. The second-order valence-electron chi connectivity index (χ2n) is 5.65. The molecule has 4 rings (SSSR count). The van der Waals surface area contributed by atoms with E-state index in [1.165, 1.54) is 38.6 Å². The molecule has 0 amide bonds. The molecule has 0 N–H and O–H groups in total. The summed E-state index contributed by atoms with van der Waals surface area (Å²) in [5.74, 6) is 0. The van der Waals surface area contributed by atoms with E-state index in [-0.39, 0.29) is 0 Å². The van der Waals surface area contributed by atoms with Crippen molar-refractivity contribution >= 4 is 17.1 Å². The maximum absolute atomic E-state index is 10.5. The number of hydrogen-bond donors (Lipinski definition) is 0. The molecule has 3 aromatic rings. The van der Waals surface area contributed by atoms with Gasteiger partial charge in [0.15, 0.2) is 0 Å². The highest BCUT2D eigenvalue weighted by molar-refractivity contribution is 6.15. The Bertz CT molecular complexity index is 846. The molecule has 0 fully saturated rings. The fraction of sp³-hybridized carbons (Fsp3) is 0.150. The zero-order valence-electron chi connectivity index (χ0n) is 11.8. The Balaban J connectivity index is 1.91. The van der Waals surface area contributed by atoms with E-state index in [9.17, 15) is 4.79 Å². The van der Waals surface area contributed by atoms with E-state index in [1.54, 1.807) is 0 Å². The largest absolute Gasteiger partial charge is 0.303 e. The molecule has 102 valence electrons. The third-order valence-corrected chi connectivity index (χ3v) is 4.33. The predicted molar refractivity (Wildman–Crippen MR) is 87.4 cm³/mol. The van der Waals surface area contributed by atoms with Gasteiger partial charge in [-0.3, -0.25) is 0 Å². The molecule has 0 aliphatic heterocycles. The van der Waals surface area contributed by atoms with E-state index in [4.69, 9.17) is 0 Å². The summed E-state index contributed by atoms with van der Waals surface area (Å²) in [7, 11) is 0. The first-order valence-corrected chi connectivity index (χ1v) is 7.47. The topological polar surface area (TPSA) is 17.1 Å². The molecule has 1 aliphatic carbocycles. The number of unbranched alkanes of at least 4 members (excludes halogenated alkanes) is 1. The minimum atomic E-state index is 0.643. The van der Waals surface area contributed by atoms with Gasteiger partial charge >= 0.3 is 0 Å². The third-order valence-electron chi connectivity index (χ3n) is 4.33. The van der Waals surface area contributed by atoms with E-state index in [0.717, 1.165) is 19.1 Å². The quantitative estimate of drug-likeness (QED) is 0.377. The molecule has 0 saturated heterocycles.